The first-order valence-electron chi connectivity index (χ1n) is 33.4. The minimum atomic E-state index is -1.26. The third-order valence-corrected chi connectivity index (χ3v) is 22.6. The van der Waals surface area contributed by atoms with Crippen molar-refractivity contribution in [3.63, 3.8) is 0 Å². The maximum absolute atomic E-state index is 12.3. The number of hydrogen-bond acceptors (Lipinski definition) is 8. The summed E-state index contributed by atoms with van der Waals surface area (Å²) < 4.78 is 0. The normalized spacial score (nSPS) is 13.6. The molecule has 10 heteroatoms. The van der Waals surface area contributed by atoms with Crippen LogP contribution in [-0.2, 0) is 33.3 Å². The van der Waals surface area contributed by atoms with Crippen molar-refractivity contribution in [3.05, 3.63) is 182 Å². The van der Waals surface area contributed by atoms with Crippen LogP contribution in [0.15, 0.2) is 139 Å². The lowest BCUT2D eigenvalue weighted by Crippen LogP contribution is -2.26. The molecule has 0 aliphatic heterocycles. The number of aryl methyl sites for hydroxylation is 2. The molecule has 2 aliphatic rings. The molecule has 90 heavy (non-hydrogen) atoms. The molecule has 10 rings (SSSR count). The molecule has 0 atom stereocenters. The molecule has 464 valence electrons. The summed E-state index contributed by atoms with van der Waals surface area (Å²) in [5.41, 5.74) is 18.0. The Morgan fingerprint density at radius 1 is 0.433 bits per heavy atom. The van der Waals surface area contributed by atoms with E-state index in [0.717, 1.165) is 200 Å². The number of unbranched alkanes of at least 4 members (excludes halogenated alkanes) is 10. The van der Waals surface area contributed by atoms with Crippen LogP contribution in [0.2, 0.25) is 0 Å². The molecule has 3 heterocycles. The highest BCUT2D eigenvalue weighted by molar-refractivity contribution is 7.25. The van der Waals surface area contributed by atoms with Crippen LogP contribution in [0.4, 0.5) is 17.1 Å². The fraction of sp³-hybridized carbons (Fsp3) is 0.375. The topological polar surface area (TPSA) is 125 Å². The van der Waals surface area contributed by atoms with Crippen molar-refractivity contribution in [1.82, 2.24) is 0 Å². The van der Waals surface area contributed by atoms with Crippen molar-refractivity contribution >= 4 is 75.2 Å². The van der Waals surface area contributed by atoms with Gasteiger partial charge in [0.25, 0.3) is 0 Å². The van der Waals surface area contributed by atoms with Crippen molar-refractivity contribution in [2.75, 3.05) is 4.90 Å². The molecule has 7 nitrogen and oxygen atoms in total. The summed E-state index contributed by atoms with van der Waals surface area (Å²) >= 11 is 4.76. The van der Waals surface area contributed by atoms with Gasteiger partial charge in [0.2, 0.25) is 0 Å². The number of anilines is 3. The molecule has 0 fully saturated rings. The third-order valence-electron chi connectivity index (χ3n) is 19.0. The van der Waals surface area contributed by atoms with Crippen LogP contribution in [0.3, 0.4) is 0 Å². The molecular weight excluding hydrogens is 1160 g/mol. The second kappa shape index (κ2) is 30.0. The van der Waals surface area contributed by atoms with Gasteiger partial charge in [0.15, 0.2) is 0 Å². The Labute approximate surface area is 547 Å². The molecule has 0 spiro atoms. The highest BCUT2D eigenvalue weighted by atomic mass is 32.1. The van der Waals surface area contributed by atoms with Crippen LogP contribution in [0.25, 0.3) is 65.0 Å². The quantitative estimate of drug-likeness (QED) is 0.0244. The smallest absolute Gasteiger partial charge is 0.346 e. The second-order valence-corrected chi connectivity index (χ2v) is 28.2. The maximum Gasteiger partial charge on any atom is 0.346 e. The van der Waals surface area contributed by atoms with Gasteiger partial charge in [0.05, 0.1) is 4.88 Å². The number of fused-ring (bicyclic) bond motifs is 6. The van der Waals surface area contributed by atoms with E-state index in [1.165, 1.54) is 79.3 Å². The molecule has 8 aromatic rings. The molecule has 2 N–H and O–H groups in total. The number of benzene rings is 5. The minimum Gasteiger partial charge on any atom is -0.477 e. The highest BCUT2D eigenvalue weighted by Gasteiger charge is 2.44. The SMILES string of the molecule is CCCCCCc1cc(/C=C(\C#N)C(=O)O)sc1-c1cc(-c2ccc(N(c3ccc4c(c3)C(CCCC)(CCCC)c3ccccc3-4)c3ccc4c(c3)C(CCCC)(CCCC)c3ccccc3-4)cc2)sc1-c1sc(/C=C(\C#N)C(=O)O)cc1CCCCCC. The number of nitrogens with zero attached hydrogens (tertiary/aromatic N) is 3. The van der Waals surface area contributed by atoms with Crippen LogP contribution >= 0.6 is 34.0 Å². The number of carboxylic acids is 2. The Morgan fingerprint density at radius 2 is 0.844 bits per heavy atom. The van der Waals surface area contributed by atoms with E-state index in [0.29, 0.717) is 9.75 Å². The lowest BCUT2D eigenvalue weighted by molar-refractivity contribution is -0.133. The lowest BCUT2D eigenvalue weighted by Gasteiger charge is -2.35. The minimum absolute atomic E-state index is 0.0976. The van der Waals surface area contributed by atoms with Gasteiger partial charge in [-0.15, -0.1) is 34.0 Å². The van der Waals surface area contributed by atoms with E-state index in [9.17, 15) is 30.3 Å². The zero-order valence-corrected chi connectivity index (χ0v) is 56.1. The molecule has 0 saturated heterocycles. The summed E-state index contributed by atoms with van der Waals surface area (Å²) in [6.45, 7) is 13.7. The van der Waals surface area contributed by atoms with Crippen molar-refractivity contribution in [1.29, 1.82) is 10.5 Å². The van der Waals surface area contributed by atoms with Gasteiger partial charge in [-0.05, 0) is 179 Å². The predicted molar refractivity (Wildman–Crippen MR) is 380 cm³/mol. The maximum atomic E-state index is 12.3. The first-order valence-corrected chi connectivity index (χ1v) is 35.9. The summed E-state index contributed by atoms with van der Waals surface area (Å²) in [6, 6.07) is 52.4. The Bertz CT molecular complexity index is 3760. The van der Waals surface area contributed by atoms with Gasteiger partial charge in [0.1, 0.15) is 23.3 Å². The van der Waals surface area contributed by atoms with E-state index in [-0.39, 0.29) is 22.0 Å². The molecule has 0 amide bonds. The van der Waals surface area contributed by atoms with Gasteiger partial charge < -0.3 is 15.1 Å². The van der Waals surface area contributed by atoms with E-state index in [4.69, 9.17) is 0 Å². The van der Waals surface area contributed by atoms with Gasteiger partial charge in [-0.3, -0.25) is 0 Å². The van der Waals surface area contributed by atoms with Gasteiger partial charge in [-0.25, -0.2) is 9.59 Å². The Balaban J connectivity index is 1.18. The number of thiophene rings is 3. The van der Waals surface area contributed by atoms with Gasteiger partial charge in [0, 0.05) is 57.8 Å². The monoisotopic (exact) mass is 1250 g/mol. The summed E-state index contributed by atoms with van der Waals surface area (Å²) in [5, 5.41) is 40.0. The van der Waals surface area contributed by atoms with Crippen molar-refractivity contribution < 1.29 is 19.8 Å². The molecule has 3 aromatic heterocycles. The van der Waals surface area contributed by atoms with E-state index in [1.54, 1.807) is 11.3 Å². The molecule has 0 saturated carbocycles. The van der Waals surface area contributed by atoms with E-state index in [2.05, 4.69) is 174 Å². The fourth-order valence-corrected chi connectivity index (χ4v) is 18.1. The summed E-state index contributed by atoms with van der Waals surface area (Å²) in [7, 11) is 0. The van der Waals surface area contributed by atoms with E-state index >= 15 is 0 Å². The van der Waals surface area contributed by atoms with Gasteiger partial charge in [-0.2, -0.15) is 10.5 Å². The van der Waals surface area contributed by atoms with Gasteiger partial charge in [-0.1, -0.05) is 204 Å². The average molecular weight is 1250 g/mol. The van der Waals surface area contributed by atoms with Crippen LogP contribution < -0.4 is 4.90 Å². The first-order chi connectivity index (χ1) is 43.9. The predicted octanol–water partition coefficient (Wildman–Crippen LogP) is 23.9. The third kappa shape index (κ3) is 13.4. The van der Waals surface area contributed by atoms with Crippen LogP contribution in [0.5, 0.6) is 0 Å². The van der Waals surface area contributed by atoms with Crippen LogP contribution in [0.1, 0.15) is 213 Å². The van der Waals surface area contributed by atoms with E-state index in [1.807, 2.05) is 12.1 Å². The summed E-state index contributed by atoms with van der Waals surface area (Å²) in [5.74, 6) is -2.52. The summed E-state index contributed by atoms with van der Waals surface area (Å²) in [4.78, 5) is 32.7. The highest BCUT2D eigenvalue weighted by Crippen LogP contribution is 2.59. The zero-order chi connectivity index (χ0) is 63.4. The van der Waals surface area contributed by atoms with Gasteiger partial charge >= 0.3 is 11.9 Å². The second-order valence-electron chi connectivity index (χ2n) is 24.9. The number of carboxylic acid groups (broad SMARTS) is 2. The van der Waals surface area contributed by atoms with Crippen molar-refractivity contribution in [3.8, 4) is 65.0 Å². The van der Waals surface area contributed by atoms with Crippen molar-refractivity contribution in [2.45, 2.75) is 194 Å². The van der Waals surface area contributed by atoms with Crippen LogP contribution in [-0.4, -0.2) is 22.2 Å². The number of carbonyl (C=O) groups is 2. The lowest BCUT2D eigenvalue weighted by atomic mass is 9.70. The molecule has 0 bridgehead atoms. The number of rotatable bonds is 32. The molecule has 0 radical (unpaired) electrons. The standard InChI is InChI=1S/C80H87N3O4S3/c1-7-13-19-21-27-55-45-62(47-57(52-81)77(84)85)88-74(55)68-51-73(90-76(68)75-56(28-22-20-14-8-2)46-63(89-75)48-58(53-82)78(86)87)54-33-35-59(36-34-54)83(60-37-39-66-64-29-23-25-31-69(64)79(41-15-9-3,42-16-10-4)71(66)49-60)61-38-40-67-65-30-24-26-32-70(65)80(43-17-11-5,44-18-12-6)72(67)50-61/h23-26,29-40,45-51H,7-22,27-28,41-44H2,1-6H3,(H,84,85)(H,86,87)/b57-47+,58-48+. The van der Waals surface area contributed by atoms with Crippen LogP contribution in [0, 0.1) is 22.7 Å². The summed E-state index contributed by atoms with van der Waals surface area (Å²) in [6.07, 6.45) is 26.6. The Hall–Kier alpha value is -7.60. The molecule has 0 unspecified atom stereocenters. The Kier molecular flexibility index (Phi) is 21.8. The molecule has 5 aromatic carbocycles. The Morgan fingerprint density at radius 3 is 1.28 bits per heavy atom. The molecule has 2 aliphatic carbocycles. The first kappa shape index (κ1) is 65.4. The number of hydrogen-bond donors (Lipinski definition) is 2. The number of nitriles is 2. The fourth-order valence-electron chi connectivity index (χ4n) is 14.4. The average Bonchev–Trinajstić information content (AvgIpc) is 1.57. The zero-order valence-electron chi connectivity index (χ0n) is 53.6. The largest absolute Gasteiger partial charge is 0.477 e. The van der Waals surface area contributed by atoms with Crippen molar-refractivity contribution in [2.24, 2.45) is 0 Å². The molecular formula is C80H87N3O4S3. The van der Waals surface area contributed by atoms with E-state index < -0.39 is 11.9 Å². The number of aliphatic carboxylic acids is 2.